The van der Waals surface area contributed by atoms with Crippen molar-refractivity contribution in [2.45, 2.75) is 0 Å². The van der Waals surface area contributed by atoms with E-state index in [1.807, 2.05) is 0 Å². The lowest BCUT2D eigenvalue weighted by atomic mass is 10.2. The fourth-order valence-corrected chi connectivity index (χ4v) is 2.08. The molecule has 0 saturated carbocycles. The summed E-state index contributed by atoms with van der Waals surface area (Å²) in [6, 6.07) is 9.27. The predicted molar refractivity (Wildman–Crippen MR) is 94.7 cm³/mol. The van der Waals surface area contributed by atoms with Crippen molar-refractivity contribution in [2.75, 3.05) is 24.9 Å². The zero-order valence-electron chi connectivity index (χ0n) is 14.3. The summed E-state index contributed by atoms with van der Waals surface area (Å²) in [4.78, 5) is 45.7. The molecule has 0 spiro atoms. The van der Waals surface area contributed by atoms with Crippen molar-refractivity contribution >= 4 is 34.8 Å². The molecule has 2 amide bonds. The molecule has 2 N–H and O–H groups in total. The van der Waals surface area contributed by atoms with Crippen LogP contribution in [-0.2, 0) is 14.3 Å². The van der Waals surface area contributed by atoms with Crippen LogP contribution in [0.15, 0.2) is 42.5 Å². The third-order valence-corrected chi connectivity index (χ3v) is 3.41. The van der Waals surface area contributed by atoms with Crippen LogP contribution in [0.1, 0.15) is 10.4 Å². The van der Waals surface area contributed by atoms with Crippen LogP contribution < -0.4 is 15.4 Å². The van der Waals surface area contributed by atoms with Gasteiger partial charge in [0, 0.05) is 17.8 Å². The normalized spacial score (nSPS) is 9.85. The fraction of sp³-hybridized carbons (Fsp3) is 0.118. The molecule has 0 unspecified atom stereocenters. The first-order valence-electron chi connectivity index (χ1n) is 7.49. The molecule has 2 aromatic carbocycles. The molecule has 27 heavy (non-hydrogen) atoms. The molecule has 0 aliphatic heterocycles. The van der Waals surface area contributed by atoms with Gasteiger partial charge in [-0.1, -0.05) is 0 Å². The summed E-state index contributed by atoms with van der Waals surface area (Å²) < 4.78 is 9.57. The largest absolute Gasteiger partial charge is 0.495 e. The van der Waals surface area contributed by atoms with E-state index in [1.165, 1.54) is 50.6 Å². The van der Waals surface area contributed by atoms with Gasteiger partial charge in [-0.2, -0.15) is 0 Å². The number of nitro groups is 1. The van der Waals surface area contributed by atoms with Gasteiger partial charge >= 0.3 is 17.8 Å². The highest BCUT2D eigenvalue weighted by atomic mass is 16.6. The first-order valence-corrected chi connectivity index (χ1v) is 7.49. The number of anilines is 2. The van der Waals surface area contributed by atoms with Crippen LogP contribution in [0.5, 0.6) is 5.75 Å². The summed E-state index contributed by atoms with van der Waals surface area (Å²) >= 11 is 0. The maximum atomic E-state index is 12.1. The molecular formula is C17H15N3O7. The third kappa shape index (κ3) is 4.78. The van der Waals surface area contributed by atoms with Crippen molar-refractivity contribution in [3.8, 4) is 5.75 Å². The summed E-state index contributed by atoms with van der Waals surface area (Å²) in [5.74, 6) is -2.44. The van der Waals surface area contributed by atoms with E-state index in [1.54, 1.807) is 0 Å². The van der Waals surface area contributed by atoms with Crippen molar-refractivity contribution in [1.82, 2.24) is 0 Å². The Balaban J connectivity index is 2.10. The van der Waals surface area contributed by atoms with E-state index in [2.05, 4.69) is 15.4 Å². The summed E-state index contributed by atoms with van der Waals surface area (Å²) in [5.41, 5.74) is 0.257. The Morgan fingerprint density at radius 2 is 1.59 bits per heavy atom. The molecule has 0 aliphatic carbocycles. The van der Waals surface area contributed by atoms with Crippen LogP contribution in [0.25, 0.3) is 0 Å². The van der Waals surface area contributed by atoms with Crippen molar-refractivity contribution in [1.29, 1.82) is 0 Å². The van der Waals surface area contributed by atoms with Crippen molar-refractivity contribution < 1.29 is 28.8 Å². The minimum absolute atomic E-state index is 0.0205. The second-order valence-electron chi connectivity index (χ2n) is 5.12. The molecule has 0 fully saturated rings. The molecule has 10 nitrogen and oxygen atoms in total. The lowest BCUT2D eigenvalue weighted by Crippen LogP contribution is -2.29. The van der Waals surface area contributed by atoms with Gasteiger partial charge in [-0.05, 0) is 30.3 Å². The number of hydrogen-bond acceptors (Lipinski definition) is 7. The zero-order valence-corrected chi connectivity index (χ0v) is 14.3. The molecular weight excluding hydrogens is 358 g/mol. The Morgan fingerprint density at radius 3 is 2.15 bits per heavy atom. The summed E-state index contributed by atoms with van der Waals surface area (Å²) in [6.07, 6.45) is 0. The lowest BCUT2D eigenvalue weighted by molar-refractivity contribution is -0.384. The Morgan fingerprint density at radius 1 is 0.963 bits per heavy atom. The highest BCUT2D eigenvalue weighted by molar-refractivity contribution is 6.43. The van der Waals surface area contributed by atoms with Gasteiger partial charge in [0.15, 0.2) is 0 Å². The molecule has 2 rings (SSSR count). The number of carbonyl (C=O) groups is 3. The Kier molecular flexibility index (Phi) is 6.05. The highest BCUT2D eigenvalue weighted by Gasteiger charge is 2.19. The number of benzene rings is 2. The smallest absolute Gasteiger partial charge is 0.337 e. The van der Waals surface area contributed by atoms with Gasteiger partial charge in [-0.15, -0.1) is 0 Å². The van der Waals surface area contributed by atoms with Crippen LogP contribution >= 0.6 is 0 Å². The zero-order chi connectivity index (χ0) is 20.0. The number of rotatable bonds is 5. The van der Waals surface area contributed by atoms with Gasteiger partial charge in [-0.25, -0.2) is 4.79 Å². The minimum Gasteiger partial charge on any atom is -0.495 e. The van der Waals surface area contributed by atoms with E-state index in [0.29, 0.717) is 0 Å². The van der Waals surface area contributed by atoms with Gasteiger partial charge in [0.05, 0.1) is 30.4 Å². The van der Waals surface area contributed by atoms with E-state index in [0.717, 1.165) is 6.07 Å². The number of methoxy groups -OCH3 is 2. The van der Waals surface area contributed by atoms with Crippen LogP contribution in [0.3, 0.4) is 0 Å². The monoisotopic (exact) mass is 373 g/mol. The Hall–Kier alpha value is -3.95. The molecule has 0 radical (unpaired) electrons. The lowest BCUT2D eigenvalue weighted by Gasteiger charge is -2.10. The molecule has 140 valence electrons. The highest BCUT2D eigenvalue weighted by Crippen LogP contribution is 2.28. The molecule has 0 saturated heterocycles. The number of nitrogens with zero attached hydrogens (tertiary/aromatic N) is 1. The van der Waals surface area contributed by atoms with E-state index < -0.39 is 22.7 Å². The maximum Gasteiger partial charge on any atom is 0.337 e. The first-order chi connectivity index (χ1) is 12.8. The van der Waals surface area contributed by atoms with Gasteiger partial charge in [0.1, 0.15) is 5.75 Å². The molecule has 0 bridgehead atoms. The van der Waals surface area contributed by atoms with E-state index in [4.69, 9.17) is 4.74 Å². The number of nitro benzene ring substituents is 1. The second-order valence-corrected chi connectivity index (χ2v) is 5.12. The summed E-state index contributed by atoms with van der Waals surface area (Å²) in [6.45, 7) is 0. The topological polar surface area (TPSA) is 137 Å². The number of amides is 2. The van der Waals surface area contributed by atoms with Gasteiger partial charge in [0.2, 0.25) is 0 Å². The Labute approximate surface area is 153 Å². The van der Waals surface area contributed by atoms with E-state index in [9.17, 15) is 24.5 Å². The van der Waals surface area contributed by atoms with E-state index >= 15 is 0 Å². The summed E-state index contributed by atoms with van der Waals surface area (Å²) in [7, 11) is 2.56. The molecule has 2 aromatic rings. The van der Waals surface area contributed by atoms with Crippen molar-refractivity contribution in [2.24, 2.45) is 0 Å². The van der Waals surface area contributed by atoms with Crippen molar-refractivity contribution in [3.63, 3.8) is 0 Å². The minimum atomic E-state index is -1.05. The fourth-order valence-electron chi connectivity index (χ4n) is 2.08. The first kappa shape index (κ1) is 19.4. The maximum absolute atomic E-state index is 12.1. The van der Waals surface area contributed by atoms with E-state index in [-0.39, 0.29) is 28.4 Å². The van der Waals surface area contributed by atoms with Crippen LogP contribution in [0.4, 0.5) is 17.1 Å². The number of nitrogens with one attached hydrogen (secondary N) is 2. The number of ether oxygens (including phenoxy) is 2. The number of esters is 1. The van der Waals surface area contributed by atoms with Gasteiger partial charge in [-0.3, -0.25) is 19.7 Å². The predicted octanol–water partition coefficient (Wildman–Crippen LogP) is 1.97. The number of non-ortho nitro benzene ring substituents is 1. The molecule has 0 atom stereocenters. The quantitative estimate of drug-likeness (QED) is 0.354. The Bertz CT molecular complexity index is 894. The van der Waals surface area contributed by atoms with Crippen LogP contribution in [0.2, 0.25) is 0 Å². The van der Waals surface area contributed by atoms with Crippen LogP contribution in [0, 0.1) is 10.1 Å². The van der Waals surface area contributed by atoms with Gasteiger partial charge in [0.25, 0.3) is 5.69 Å². The SMILES string of the molecule is COC(=O)c1ccc(NC(=O)C(=O)Nc2cc([N+](=O)[O-])ccc2OC)cc1. The van der Waals surface area contributed by atoms with Gasteiger partial charge < -0.3 is 20.1 Å². The third-order valence-electron chi connectivity index (χ3n) is 3.41. The van der Waals surface area contributed by atoms with Crippen LogP contribution in [-0.4, -0.2) is 36.9 Å². The van der Waals surface area contributed by atoms with Crippen molar-refractivity contribution in [3.05, 3.63) is 58.1 Å². The summed E-state index contributed by atoms with van der Waals surface area (Å²) in [5, 5.41) is 15.5. The molecule has 0 aromatic heterocycles. The average Bonchev–Trinajstić information content (AvgIpc) is 2.67. The second kappa shape index (κ2) is 8.43. The number of hydrogen-bond donors (Lipinski definition) is 2. The average molecular weight is 373 g/mol. The number of carbonyl (C=O) groups excluding carboxylic acids is 3. The molecule has 0 aliphatic rings. The standard InChI is InChI=1S/C17H15N3O7/c1-26-14-8-7-12(20(24)25)9-13(14)19-16(22)15(21)18-11-5-3-10(4-6-11)17(23)27-2/h3-9H,1-2H3,(H,18,21)(H,19,22). The molecule has 10 heteroatoms. The molecule has 0 heterocycles.